The van der Waals surface area contributed by atoms with Crippen molar-refractivity contribution >= 4 is 22.9 Å². The van der Waals surface area contributed by atoms with E-state index < -0.39 is 0 Å². The molecule has 0 atom stereocenters. The Hall–Kier alpha value is -1.88. The third-order valence-electron chi connectivity index (χ3n) is 3.19. The molecule has 124 valence electrons. The smallest absolute Gasteiger partial charge is 0.267 e. The van der Waals surface area contributed by atoms with E-state index in [1.165, 1.54) is 11.3 Å². The van der Waals surface area contributed by atoms with Crippen LogP contribution < -0.4 is 10.1 Å². The molecule has 1 N–H and O–H groups in total. The summed E-state index contributed by atoms with van der Waals surface area (Å²) in [6.45, 7) is 8.92. The molecule has 1 amide bonds. The van der Waals surface area contributed by atoms with Gasteiger partial charge in [0, 0.05) is 18.2 Å². The van der Waals surface area contributed by atoms with E-state index in [1.807, 2.05) is 31.2 Å². The van der Waals surface area contributed by atoms with Gasteiger partial charge in [-0.05, 0) is 31.4 Å². The third-order valence-corrected chi connectivity index (χ3v) is 4.37. The number of anilines is 1. The lowest BCUT2D eigenvalue weighted by molar-refractivity contribution is 0.103. The minimum Gasteiger partial charge on any atom is -0.494 e. The first kappa shape index (κ1) is 17.5. The average Bonchev–Trinajstić information content (AvgIpc) is 2.85. The normalized spacial score (nSPS) is 10.8. The second-order valence-corrected chi connectivity index (χ2v) is 7.03. The number of nitrogens with one attached hydrogen (secondary N) is 1. The van der Waals surface area contributed by atoms with Gasteiger partial charge in [-0.2, -0.15) is 0 Å². The van der Waals surface area contributed by atoms with Gasteiger partial charge >= 0.3 is 0 Å². The topological polar surface area (TPSA) is 51.2 Å². The zero-order chi connectivity index (χ0) is 16.8. The van der Waals surface area contributed by atoms with Crippen molar-refractivity contribution in [1.29, 1.82) is 0 Å². The van der Waals surface area contributed by atoms with Crippen molar-refractivity contribution in [2.45, 2.75) is 40.5 Å². The highest BCUT2D eigenvalue weighted by molar-refractivity contribution is 7.13. The van der Waals surface area contributed by atoms with Gasteiger partial charge in [-0.3, -0.25) is 4.79 Å². The minimum atomic E-state index is -0.109. The molecule has 1 heterocycles. The molecule has 0 unspecified atom stereocenters. The number of nitrogens with zero attached hydrogens (tertiary/aromatic N) is 1. The Morgan fingerprint density at radius 1 is 1.39 bits per heavy atom. The van der Waals surface area contributed by atoms with Gasteiger partial charge in [0.25, 0.3) is 5.91 Å². The number of amides is 1. The molecular formula is C18H24N2O2S. The maximum absolute atomic E-state index is 12.5. The Labute approximate surface area is 141 Å². The van der Waals surface area contributed by atoms with Crippen LogP contribution in [0.25, 0.3) is 0 Å². The Bertz CT molecular complexity index is 665. The van der Waals surface area contributed by atoms with Crippen LogP contribution in [0.1, 0.15) is 47.6 Å². The van der Waals surface area contributed by atoms with Gasteiger partial charge in [0.2, 0.25) is 0 Å². The summed E-state index contributed by atoms with van der Waals surface area (Å²) >= 11 is 1.48. The van der Waals surface area contributed by atoms with Gasteiger partial charge in [0.05, 0.1) is 17.3 Å². The van der Waals surface area contributed by atoms with Gasteiger partial charge in [0.15, 0.2) is 0 Å². The molecule has 0 saturated heterocycles. The van der Waals surface area contributed by atoms with Gasteiger partial charge in [-0.15, -0.1) is 11.3 Å². The molecule has 23 heavy (non-hydrogen) atoms. The zero-order valence-electron chi connectivity index (χ0n) is 14.2. The van der Waals surface area contributed by atoms with Crippen LogP contribution >= 0.6 is 11.3 Å². The van der Waals surface area contributed by atoms with E-state index in [0.717, 1.165) is 35.0 Å². The number of carbonyl (C=O) groups excluding carboxylic acids is 1. The maximum Gasteiger partial charge on any atom is 0.267 e. The van der Waals surface area contributed by atoms with Crippen LogP contribution in [-0.2, 0) is 6.42 Å². The number of hydrogen-bond donors (Lipinski definition) is 1. The highest BCUT2D eigenvalue weighted by atomic mass is 32.1. The number of hydrogen-bond acceptors (Lipinski definition) is 4. The van der Waals surface area contributed by atoms with Gasteiger partial charge < -0.3 is 10.1 Å². The zero-order valence-corrected chi connectivity index (χ0v) is 15.0. The van der Waals surface area contributed by atoms with Crippen LogP contribution in [0.4, 0.5) is 5.69 Å². The molecule has 2 rings (SSSR count). The van der Waals surface area contributed by atoms with Crippen molar-refractivity contribution < 1.29 is 9.53 Å². The third kappa shape index (κ3) is 5.06. The van der Waals surface area contributed by atoms with E-state index in [9.17, 15) is 4.79 Å². The number of carbonyl (C=O) groups is 1. The van der Waals surface area contributed by atoms with E-state index in [0.29, 0.717) is 17.4 Å². The molecule has 1 aromatic heterocycles. The van der Waals surface area contributed by atoms with Crippen LogP contribution in [-0.4, -0.2) is 17.5 Å². The lowest BCUT2D eigenvalue weighted by atomic mass is 10.1. The standard InChI is InChI=1S/C18H24N2O2S/c1-5-9-22-15-8-6-7-14(11-15)20-18(21)17-13(4)19-16(23-17)10-12(2)3/h6-8,11-12H,5,9-10H2,1-4H3,(H,20,21). The second-order valence-electron chi connectivity index (χ2n) is 5.95. The fourth-order valence-corrected chi connectivity index (χ4v) is 3.34. The summed E-state index contributed by atoms with van der Waals surface area (Å²) in [6.07, 6.45) is 1.86. The predicted molar refractivity (Wildman–Crippen MR) is 95.6 cm³/mol. The second kappa shape index (κ2) is 8.11. The lowest BCUT2D eigenvalue weighted by Gasteiger charge is -2.08. The minimum absolute atomic E-state index is 0.109. The fourth-order valence-electron chi connectivity index (χ4n) is 2.17. The molecular weight excluding hydrogens is 308 g/mol. The van der Waals surface area contributed by atoms with Crippen molar-refractivity contribution in [2.24, 2.45) is 5.92 Å². The molecule has 0 aliphatic rings. The molecule has 0 radical (unpaired) electrons. The van der Waals surface area contributed by atoms with Crippen LogP contribution in [0.2, 0.25) is 0 Å². The van der Waals surface area contributed by atoms with Crippen molar-refractivity contribution in [3.63, 3.8) is 0 Å². The number of aromatic nitrogens is 1. The van der Waals surface area contributed by atoms with Gasteiger partial charge in [-0.1, -0.05) is 26.8 Å². The Morgan fingerprint density at radius 3 is 2.87 bits per heavy atom. The molecule has 0 saturated carbocycles. The molecule has 0 aliphatic heterocycles. The van der Waals surface area contributed by atoms with E-state index in [4.69, 9.17) is 4.74 Å². The van der Waals surface area contributed by atoms with Crippen molar-refractivity contribution in [2.75, 3.05) is 11.9 Å². The molecule has 0 aliphatic carbocycles. The molecule has 4 nitrogen and oxygen atoms in total. The predicted octanol–water partition coefficient (Wildman–Crippen LogP) is 4.69. The first-order chi connectivity index (χ1) is 11.0. The van der Waals surface area contributed by atoms with Crippen LogP contribution in [0, 0.1) is 12.8 Å². The van der Waals surface area contributed by atoms with Crippen LogP contribution in [0.5, 0.6) is 5.75 Å². The highest BCUT2D eigenvalue weighted by Gasteiger charge is 2.16. The number of benzene rings is 1. The van der Waals surface area contributed by atoms with Crippen molar-refractivity contribution in [3.05, 3.63) is 39.8 Å². The first-order valence-corrected chi connectivity index (χ1v) is 8.81. The molecule has 5 heteroatoms. The summed E-state index contributed by atoms with van der Waals surface area (Å²) in [4.78, 5) is 17.7. The Balaban J connectivity index is 2.08. The summed E-state index contributed by atoms with van der Waals surface area (Å²) in [5.41, 5.74) is 1.53. The largest absolute Gasteiger partial charge is 0.494 e. The fraction of sp³-hybridized carbons (Fsp3) is 0.444. The Kier molecular flexibility index (Phi) is 6.16. The van der Waals surface area contributed by atoms with E-state index >= 15 is 0 Å². The summed E-state index contributed by atoms with van der Waals surface area (Å²) in [7, 11) is 0. The van der Waals surface area contributed by atoms with Crippen molar-refractivity contribution in [3.8, 4) is 5.75 Å². The first-order valence-electron chi connectivity index (χ1n) is 8.00. The Morgan fingerprint density at radius 2 is 2.17 bits per heavy atom. The summed E-state index contributed by atoms with van der Waals surface area (Å²) in [6, 6.07) is 7.48. The quantitative estimate of drug-likeness (QED) is 0.800. The monoisotopic (exact) mass is 332 g/mol. The van der Waals surface area contributed by atoms with E-state index in [2.05, 4.69) is 31.1 Å². The molecule has 2 aromatic rings. The summed E-state index contributed by atoms with van der Waals surface area (Å²) in [5, 5.41) is 3.95. The lowest BCUT2D eigenvalue weighted by Crippen LogP contribution is -2.11. The molecule has 1 aromatic carbocycles. The number of ether oxygens (including phenoxy) is 1. The average molecular weight is 332 g/mol. The number of aryl methyl sites for hydroxylation is 1. The van der Waals surface area contributed by atoms with E-state index in [-0.39, 0.29) is 5.91 Å². The highest BCUT2D eigenvalue weighted by Crippen LogP contribution is 2.23. The van der Waals surface area contributed by atoms with Gasteiger partial charge in [-0.25, -0.2) is 4.98 Å². The molecule has 0 bridgehead atoms. The summed E-state index contributed by atoms with van der Waals surface area (Å²) in [5.74, 6) is 1.19. The van der Waals surface area contributed by atoms with Crippen molar-refractivity contribution in [1.82, 2.24) is 4.98 Å². The number of thiazole rings is 1. The summed E-state index contributed by atoms with van der Waals surface area (Å²) < 4.78 is 5.59. The van der Waals surface area contributed by atoms with Gasteiger partial charge in [0.1, 0.15) is 10.6 Å². The van der Waals surface area contributed by atoms with Crippen LogP contribution in [0.3, 0.4) is 0 Å². The molecule has 0 fully saturated rings. The SMILES string of the molecule is CCCOc1cccc(NC(=O)c2sc(CC(C)C)nc2C)c1. The van der Waals surface area contributed by atoms with E-state index in [1.54, 1.807) is 0 Å². The van der Waals surface area contributed by atoms with Crippen LogP contribution in [0.15, 0.2) is 24.3 Å². The maximum atomic E-state index is 12.5. The number of rotatable bonds is 7. The molecule has 0 spiro atoms.